The smallest absolute Gasteiger partial charge is 0.0388 e. The van der Waals surface area contributed by atoms with Gasteiger partial charge in [-0.3, -0.25) is 0 Å². The molecular weight excluding hydrogens is 228 g/mol. The number of thiophene rings is 1. The van der Waals surface area contributed by atoms with Crippen LogP contribution >= 0.6 is 11.3 Å². The first-order valence-electron chi connectivity index (χ1n) is 6.65. The molecule has 1 aromatic heterocycles. The molecule has 0 spiro atoms. The third-order valence-corrected chi connectivity index (χ3v) is 5.01. The van der Waals surface area contributed by atoms with E-state index in [9.17, 15) is 0 Å². The molecule has 2 rings (SSSR count). The lowest BCUT2D eigenvalue weighted by Crippen LogP contribution is -2.41. The summed E-state index contributed by atoms with van der Waals surface area (Å²) in [6.45, 7) is 7.13. The van der Waals surface area contributed by atoms with Crippen LogP contribution in [0.25, 0.3) is 0 Å². The Labute approximate surface area is 109 Å². The van der Waals surface area contributed by atoms with Crippen LogP contribution in [0.3, 0.4) is 0 Å². The Balaban J connectivity index is 1.82. The molecule has 0 aliphatic carbocycles. The summed E-state index contributed by atoms with van der Waals surface area (Å²) in [7, 11) is 2.22. The van der Waals surface area contributed by atoms with Gasteiger partial charge in [0.15, 0.2) is 0 Å². The fraction of sp³-hybridized carbons (Fsp3) is 0.714. The zero-order valence-electron chi connectivity index (χ0n) is 11.1. The van der Waals surface area contributed by atoms with Crippen LogP contribution in [0, 0.1) is 5.92 Å². The molecule has 1 N–H and O–H groups in total. The van der Waals surface area contributed by atoms with E-state index in [-0.39, 0.29) is 0 Å². The number of hydrogen-bond donors (Lipinski definition) is 1. The van der Waals surface area contributed by atoms with Crippen LogP contribution in [-0.4, -0.2) is 31.1 Å². The van der Waals surface area contributed by atoms with Gasteiger partial charge in [-0.2, -0.15) is 0 Å². The maximum Gasteiger partial charge on any atom is 0.0388 e. The highest BCUT2D eigenvalue weighted by molar-refractivity contribution is 7.10. The van der Waals surface area contributed by atoms with E-state index in [1.165, 1.54) is 30.8 Å². The molecule has 2 nitrogen and oxygen atoms in total. The molecule has 2 atom stereocenters. The van der Waals surface area contributed by atoms with Crippen molar-refractivity contribution in [2.24, 2.45) is 5.92 Å². The van der Waals surface area contributed by atoms with Gasteiger partial charge in [-0.15, -0.1) is 11.3 Å². The van der Waals surface area contributed by atoms with Crippen molar-refractivity contribution in [2.75, 3.05) is 20.1 Å². The summed E-state index contributed by atoms with van der Waals surface area (Å²) >= 11 is 1.85. The summed E-state index contributed by atoms with van der Waals surface area (Å²) in [6.07, 6.45) is 2.67. The van der Waals surface area contributed by atoms with Crippen LogP contribution in [0.1, 0.15) is 37.6 Å². The summed E-state index contributed by atoms with van der Waals surface area (Å²) in [6, 6.07) is 5.48. The lowest BCUT2D eigenvalue weighted by molar-refractivity contribution is 0.185. The van der Waals surface area contributed by atoms with Crippen LogP contribution in [0.2, 0.25) is 0 Å². The molecule has 1 aliphatic heterocycles. The van der Waals surface area contributed by atoms with Crippen molar-refractivity contribution >= 4 is 11.3 Å². The van der Waals surface area contributed by atoms with Crippen molar-refractivity contribution < 1.29 is 0 Å². The summed E-state index contributed by atoms with van der Waals surface area (Å²) in [5.74, 6) is 0.841. The summed E-state index contributed by atoms with van der Waals surface area (Å²) in [5, 5.41) is 5.92. The van der Waals surface area contributed by atoms with Gasteiger partial charge in [-0.1, -0.05) is 6.07 Å². The summed E-state index contributed by atoms with van der Waals surface area (Å²) in [5.41, 5.74) is 0. The molecule has 0 aromatic carbocycles. The number of piperidine rings is 1. The van der Waals surface area contributed by atoms with E-state index in [1.54, 1.807) is 0 Å². The molecule has 0 radical (unpaired) electrons. The molecule has 1 unspecified atom stereocenters. The molecule has 1 aromatic rings. The Bertz CT molecular complexity index is 315. The minimum Gasteiger partial charge on any atom is -0.307 e. The second-order valence-corrected chi connectivity index (χ2v) is 6.31. The zero-order valence-corrected chi connectivity index (χ0v) is 12.0. The minimum absolute atomic E-state index is 0.490. The third-order valence-electron chi connectivity index (χ3n) is 3.95. The maximum atomic E-state index is 3.76. The monoisotopic (exact) mass is 252 g/mol. The van der Waals surface area contributed by atoms with Crippen LogP contribution in [0.5, 0.6) is 0 Å². The molecule has 2 heterocycles. The van der Waals surface area contributed by atoms with Gasteiger partial charge >= 0.3 is 0 Å². The molecule has 1 saturated heterocycles. The molecule has 0 amide bonds. The highest BCUT2D eigenvalue weighted by Gasteiger charge is 2.23. The van der Waals surface area contributed by atoms with E-state index < -0.39 is 0 Å². The van der Waals surface area contributed by atoms with E-state index in [2.05, 4.69) is 48.6 Å². The van der Waals surface area contributed by atoms with Crippen molar-refractivity contribution in [3.8, 4) is 0 Å². The Morgan fingerprint density at radius 1 is 1.35 bits per heavy atom. The van der Waals surface area contributed by atoms with Gasteiger partial charge < -0.3 is 10.2 Å². The first-order chi connectivity index (χ1) is 8.16. The van der Waals surface area contributed by atoms with Gasteiger partial charge in [0.2, 0.25) is 0 Å². The first-order valence-corrected chi connectivity index (χ1v) is 7.53. The highest BCUT2D eigenvalue weighted by Crippen LogP contribution is 2.24. The van der Waals surface area contributed by atoms with Crippen molar-refractivity contribution in [3.63, 3.8) is 0 Å². The van der Waals surface area contributed by atoms with Crippen LogP contribution < -0.4 is 5.32 Å². The summed E-state index contributed by atoms with van der Waals surface area (Å²) in [4.78, 5) is 3.89. The van der Waals surface area contributed by atoms with Crippen LogP contribution in [0.4, 0.5) is 0 Å². The largest absolute Gasteiger partial charge is 0.307 e. The molecule has 96 valence electrons. The Morgan fingerprint density at radius 3 is 2.65 bits per heavy atom. The first kappa shape index (κ1) is 13.1. The molecular formula is C14H24N2S. The molecule has 1 aliphatic rings. The van der Waals surface area contributed by atoms with Gasteiger partial charge in [-0.05, 0) is 64.2 Å². The van der Waals surface area contributed by atoms with E-state index in [0.29, 0.717) is 12.1 Å². The number of rotatable bonds is 4. The van der Waals surface area contributed by atoms with Crippen molar-refractivity contribution in [2.45, 2.75) is 38.8 Å². The van der Waals surface area contributed by atoms with Gasteiger partial charge in [0, 0.05) is 17.0 Å². The van der Waals surface area contributed by atoms with Gasteiger partial charge in [-0.25, -0.2) is 0 Å². The minimum atomic E-state index is 0.490. The molecule has 0 saturated carbocycles. The average molecular weight is 252 g/mol. The fourth-order valence-corrected chi connectivity index (χ4v) is 3.42. The number of nitrogens with zero attached hydrogens (tertiary/aromatic N) is 1. The SMILES string of the molecule is CC(N[C@@H](C)c1cccs1)C1CCN(C)CC1. The molecule has 3 heteroatoms. The van der Waals surface area contributed by atoms with E-state index in [4.69, 9.17) is 0 Å². The molecule has 0 bridgehead atoms. The Kier molecular flexibility index (Phi) is 4.60. The topological polar surface area (TPSA) is 15.3 Å². The predicted molar refractivity (Wildman–Crippen MR) is 75.6 cm³/mol. The quantitative estimate of drug-likeness (QED) is 0.885. The highest BCUT2D eigenvalue weighted by atomic mass is 32.1. The zero-order chi connectivity index (χ0) is 12.3. The average Bonchev–Trinajstić information content (AvgIpc) is 2.83. The van der Waals surface area contributed by atoms with E-state index >= 15 is 0 Å². The maximum absolute atomic E-state index is 3.76. The normalized spacial score (nSPS) is 22.5. The van der Waals surface area contributed by atoms with Crippen LogP contribution in [0.15, 0.2) is 17.5 Å². The number of nitrogens with one attached hydrogen (secondary N) is 1. The van der Waals surface area contributed by atoms with E-state index in [1.807, 2.05) is 11.3 Å². The molecule has 17 heavy (non-hydrogen) atoms. The summed E-state index contributed by atoms with van der Waals surface area (Å²) < 4.78 is 0. The Hall–Kier alpha value is -0.380. The standard InChI is InChI=1S/C14H24N2S/c1-11(13-6-8-16(3)9-7-13)15-12(2)14-5-4-10-17-14/h4-5,10-13,15H,6-9H2,1-3H3/t11?,12-/m0/s1. The number of likely N-dealkylation sites (tertiary alicyclic amines) is 1. The Morgan fingerprint density at radius 2 is 2.06 bits per heavy atom. The van der Waals surface area contributed by atoms with E-state index in [0.717, 1.165) is 5.92 Å². The van der Waals surface area contributed by atoms with Crippen molar-refractivity contribution in [1.29, 1.82) is 0 Å². The molecule has 1 fully saturated rings. The second-order valence-electron chi connectivity index (χ2n) is 5.33. The van der Waals surface area contributed by atoms with Gasteiger partial charge in [0.05, 0.1) is 0 Å². The number of hydrogen-bond acceptors (Lipinski definition) is 3. The lowest BCUT2D eigenvalue weighted by atomic mass is 9.90. The second kappa shape index (κ2) is 5.98. The van der Waals surface area contributed by atoms with Crippen LogP contribution in [-0.2, 0) is 0 Å². The third kappa shape index (κ3) is 3.54. The van der Waals surface area contributed by atoms with Gasteiger partial charge in [0.1, 0.15) is 0 Å². The fourth-order valence-electron chi connectivity index (χ4n) is 2.68. The lowest BCUT2D eigenvalue weighted by Gasteiger charge is -2.34. The predicted octanol–water partition coefficient (Wildman–Crippen LogP) is 3.13. The van der Waals surface area contributed by atoms with Gasteiger partial charge in [0.25, 0.3) is 0 Å². The van der Waals surface area contributed by atoms with Crippen molar-refractivity contribution in [1.82, 2.24) is 10.2 Å². The van der Waals surface area contributed by atoms with Crippen molar-refractivity contribution in [3.05, 3.63) is 22.4 Å².